The summed E-state index contributed by atoms with van der Waals surface area (Å²) in [7, 11) is 1.38. The summed E-state index contributed by atoms with van der Waals surface area (Å²) in [6, 6.07) is 5.49. The van der Waals surface area contributed by atoms with Crippen molar-refractivity contribution < 1.29 is 9.53 Å². The molecule has 0 fully saturated rings. The van der Waals surface area contributed by atoms with Crippen LogP contribution < -0.4 is 0 Å². The molecule has 4 heteroatoms. The van der Waals surface area contributed by atoms with E-state index in [-0.39, 0.29) is 5.97 Å². The summed E-state index contributed by atoms with van der Waals surface area (Å²) in [6.07, 6.45) is 0. The van der Waals surface area contributed by atoms with Crippen molar-refractivity contribution in [2.75, 3.05) is 7.11 Å². The molecule has 0 aliphatic rings. The van der Waals surface area contributed by atoms with Crippen molar-refractivity contribution in [2.24, 2.45) is 0 Å². The average Bonchev–Trinajstić information content (AvgIpc) is 2.63. The van der Waals surface area contributed by atoms with E-state index in [1.54, 1.807) is 12.1 Å². The molecule has 0 unspecified atom stereocenters. The quantitative estimate of drug-likeness (QED) is 0.553. The Morgan fingerprint density at radius 3 is 3.15 bits per heavy atom. The normalized spacial score (nSPS) is 10.2. The van der Waals surface area contributed by atoms with Gasteiger partial charge in [0.25, 0.3) is 0 Å². The van der Waals surface area contributed by atoms with Crippen LogP contribution in [0.4, 0.5) is 0 Å². The third kappa shape index (κ3) is 1.50. The fraction of sp³-hybridized carbons (Fsp3) is 0.111. The summed E-state index contributed by atoms with van der Waals surface area (Å²) in [5, 5.41) is 1.90. The van der Waals surface area contributed by atoms with Crippen LogP contribution in [0, 0.1) is 0 Å². The summed E-state index contributed by atoms with van der Waals surface area (Å²) >= 11 is 0.337. The molecule has 1 heterocycles. The van der Waals surface area contributed by atoms with Gasteiger partial charge in [-0.15, -0.1) is 0 Å². The fourth-order valence-electron chi connectivity index (χ4n) is 1.10. The maximum atomic E-state index is 11.1. The second-order valence-electron chi connectivity index (χ2n) is 2.53. The predicted molar refractivity (Wildman–Crippen MR) is 50.0 cm³/mol. The van der Waals surface area contributed by atoms with E-state index >= 15 is 0 Å². The third-order valence-corrected chi connectivity index (χ3v) is 3.45. The topological polar surface area (TPSA) is 39.2 Å². The SMILES string of the molecule is COC(=O)c1ccc2[se]cnc2c1. The molecule has 1 aromatic carbocycles. The first-order valence-electron chi connectivity index (χ1n) is 3.73. The zero-order valence-corrected chi connectivity index (χ0v) is 8.69. The first kappa shape index (κ1) is 8.48. The number of hydrogen-bond acceptors (Lipinski definition) is 3. The molecule has 0 atom stereocenters. The molecule has 0 radical (unpaired) electrons. The molecule has 66 valence electrons. The Morgan fingerprint density at radius 1 is 1.54 bits per heavy atom. The molecule has 0 saturated carbocycles. The number of carbonyl (C=O) groups is 1. The minimum atomic E-state index is -0.308. The Labute approximate surface area is 81.1 Å². The van der Waals surface area contributed by atoms with E-state index in [0.717, 1.165) is 5.52 Å². The Kier molecular flexibility index (Phi) is 2.17. The van der Waals surface area contributed by atoms with E-state index in [9.17, 15) is 4.79 Å². The number of benzene rings is 1. The van der Waals surface area contributed by atoms with Gasteiger partial charge in [0, 0.05) is 0 Å². The molecule has 0 amide bonds. The number of hydrogen-bond donors (Lipinski definition) is 0. The van der Waals surface area contributed by atoms with Crippen molar-refractivity contribution in [2.45, 2.75) is 0 Å². The van der Waals surface area contributed by atoms with Gasteiger partial charge in [-0.1, -0.05) is 0 Å². The summed E-state index contributed by atoms with van der Waals surface area (Å²) in [5.41, 5.74) is 1.47. The Bertz CT molecular complexity index is 450. The number of carbonyl (C=O) groups excluding carboxylic acids is 1. The Balaban J connectivity index is 2.54. The van der Waals surface area contributed by atoms with Gasteiger partial charge in [0.05, 0.1) is 0 Å². The first-order chi connectivity index (χ1) is 6.31. The van der Waals surface area contributed by atoms with Gasteiger partial charge in [0.2, 0.25) is 0 Å². The van der Waals surface area contributed by atoms with Crippen LogP contribution in [0.3, 0.4) is 0 Å². The van der Waals surface area contributed by atoms with Gasteiger partial charge in [0.15, 0.2) is 0 Å². The van der Waals surface area contributed by atoms with Crippen molar-refractivity contribution in [3.63, 3.8) is 0 Å². The van der Waals surface area contributed by atoms with Gasteiger partial charge in [-0.05, 0) is 0 Å². The molecule has 2 rings (SSSR count). The first-order valence-corrected chi connectivity index (χ1v) is 5.57. The van der Waals surface area contributed by atoms with Gasteiger partial charge in [-0.2, -0.15) is 0 Å². The van der Waals surface area contributed by atoms with E-state index in [2.05, 4.69) is 9.72 Å². The second-order valence-corrected chi connectivity index (χ2v) is 4.39. The predicted octanol–water partition coefficient (Wildman–Crippen LogP) is 1.08. The van der Waals surface area contributed by atoms with Crippen molar-refractivity contribution in [3.8, 4) is 0 Å². The Hall–Kier alpha value is -1.12. The molecular weight excluding hydrogens is 233 g/mol. The van der Waals surface area contributed by atoms with Crippen LogP contribution in [0.15, 0.2) is 23.3 Å². The fourth-order valence-corrected chi connectivity index (χ4v) is 2.48. The third-order valence-electron chi connectivity index (χ3n) is 1.75. The van der Waals surface area contributed by atoms with Gasteiger partial charge in [0.1, 0.15) is 0 Å². The van der Waals surface area contributed by atoms with Crippen LogP contribution in [0.25, 0.3) is 9.78 Å². The van der Waals surface area contributed by atoms with Crippen molar-refractivity contribution in [1.82, 2.24) is 4.98 Å². The Morgan fingerprint density at radius 2 is 2.38 bits per heavy atom. The van der Waals surface area contributed by atoms with E-state index in [1.165, 1.54) is 11.4 Å². The van der Waals surface area contributed by atoms with Crippen LogP contribution >= 0.6 is 0 Å². The molecule has 1 aromatic heterocycles. The van der Waals surface area contributed by atoms with Gasteiger partial charge < -0.3 is 0 Å². The zero-order valence-electron chi connectivity index (χ0n) is 6.98. The average molecular weight is 240 g/mol. The van der Waals surface area contributed by atoms with Crippen molar-refractivity contribution in [3.05, 3.63) is 28.8 Å². The molecular formula is C9H7NO2Se. The van der Waals surface area contributed by atoms with Crippen LogP contribution in [0.2, 0.25) is 0 Å². The van der Waals surface area contributed by atoms with Crippen molar-refractivity contribution >= 4 is 30.2 Å². The monoisotopic (exact) mass is 241 g/mol. The molecule has 0 N–H and O–H groups in total. The number of ether oxygens (including phenoxy) is 1. The molecule has 0 saturated heterocycles. The molecule has 0 aliphatic carbocycles. The van der Waals surface area contributed by atoms with Crippen LogP contribution in [-0.2, 0) is 4.74 Å². The van der Waals surface area contributed by atoms with Gasteiger partial charge >= 0.3 is 80.7 Å². The summed E-state index contributed by atoms with van der Waals surface area (Å²) < 4.78 is 5.83. The maximum absolute atomic E-state index is 11.1. The molecule has 13 heavy (non-hydrogen) atoms. The number of esters is 1. The second kappa shape index (κ2) is 3.32. The summed E-state index contributed by atoms with van der Waals surface area (Å²) in [4.78, 5) is 15.3. The standard InChI is InChI=1S/C9H7NO2Se/c1-12-9(11)6-2-3-8-7(4-6)10-5-13-8/h2-5H,1H3. The van der Waals surface area contributed by atoms with E-state index < -0.39 is 0 Å². The van der Waals surface area contributed by atoms with E-state index in [0.29, 0.717) is 20.1 Å². The zero-order chi connectivity index (χ0) is 9.26. The van der Waals surface area contributed by atoms with E-state index in [1.807, 2.05) is 11.1 Å². The number of aromatic nitrogens is 1. The number of rotatable bonds is 1. The molecule has 2 aromatic rings. The molecule has 3 nitrogen and oxygen atoms in total. The van der Waals surface area contributed by atoms with E-state index in [4.69, 9.17) is 0 Å². The van der Waals surface area contributed by atoms with Crippen LogP contribution in [0.5, 0.6) is 0 Å². The molecule has 0 spiro atoms. The van der Waals surface area contributed by atoms with Gasteiger partial charge in [-0.3, -0.25) is 0 Å². The van der Waals surface area contributed by atoms with Gasteiger partial charge in [-0.25, -0.2) is 0 Å². The molecule has 0 aliphatic heterocycles. The summed E-state index contributed by atoms with van der Waals surface area (Å²) in [6.45, 7) is 0. The number of nitrogens with zero attached hydrogens (tertiary/aromatic N) is 1. The molecule has 0 bridgehead atoms. The summed E-state index contributed by atoms with van der Waals surface area (Å²) in [5.74, 6) is -0.308. The number of methoxy groups -OCH3 is 1. The minimum absolute atomic E-state index is 0.308. The van der Waals surface area contributed by atoms with Crippen LogP contribution in [-0.4, -0.2) is 32.6 Å². The van der Waals surface area contributed by atoms with Crippen LogP contribution in [0.1, 0.15) is 10.4 Å². The van der Waals surface area contributed by atoms with Crippen molar-refractivity contribution in [1.29, 1.82) is 0 Å². The number of fused-ring (bicyclic) bond motifs is 1.